The van der Waals surface area contributed by atoms with E-state index in [-0.39, 0.29) is 30.7 Å². The van der Waals surface area contributed by atoms with Crippen molar-refractivity contribution >= 4 is 38.9 Å². The first kappa shape index (κ1) is 27.4. The lowest BCUT2D eigenvalue weighted by molar-refractivity contribution is -0.132. The summed E-state index contributed by atoms with van der Waals surface area (Å²) in [5.74, 6) is 0.984. The Kier molecular flexibility index (Phi) is 9.09. The second kappa shape index (κ2) is 12.3. The van der Waals surface area contributed by atoms with Gasteiger partial charge in [-0.25, -0.2) is 8.42 Å². The molecule has 1 amide bonds. The third kappa shape index (κ3) is 6.82. The van der Waals surface area contributed by atoms with E-state index in [0.29, 0.717) is 42.6 Å². The van der Waals surface area contributed by atoms with Gasteiger partial charge in [0, 0.05) is 36.7 Å². The molecule has 8 nitrogen and oxygen atoms in total. The normalized spacial score (nSPS) is 12.8. The predicted molar refractivity (Wildman–Crippen MR) is 143 cm³/mol. The number of rotatable bonds is 12. The van der Waals surface area contributed by atoms with Crippen LogP contribution in [-0.2, 0) is 32.6 Å². The number of benzene rings is 2. The summed E-state index contributed by atoms with van der Waals surface area (Å²) in [5, 5.41) is 2.41. The maximum absolute atomic E-state index is 13.7. The van der Waals surface area contributed by atoms with Gasteiger partial charge in [0.2, 0.25) is 22.7 Å². The van der Waals surface area contributed by atoms with Crippen molar-refractivity contribution in [3.63, 3.8) is 0 Å². The standard InChI is InChI=1S/C26H29ClN2O6S2/c1-19-10-13-36-25(19)16-28(15-20-4-9-23-24(14-20)35-18-34-23)26(30)17-29(11-3-12-33-2)37(31,32)22-7-5-21(27)6-8-22/h4-10,13-14H,3,11-12,15-18H2,1-2H3. The lowest BCUT2D eigenvalue weighted by Crippen LogP contribution is -2.43. The fraction of sp³-hybridized carbons (Fsp3) is 0.346. The minimum absolute atomic E-state index is 0.0820. The van der Waals surface area contributed by atoms with Crippen LogP contribution in [0.4, 0.5) is 0 Å². The van der Waals surface area contributed by atoms with Crippen LogP contribution in [0.25, 0.3) is 0 Å². The Balaban J connectivity index is 1.59. The third-order valence-electron chi connectivity index (χ3n) is 5.98. The van der Waals surface area contributed by atoms with E-state index >= 15 is 0 Å². The fourth-order valence-electron chi connectivity index (χ4n) is 3.91. The number of hydrogen-bond acceptors (Lipinski definition) is 7. The molecule has 0 spiro atoms. The molecule has 0 radical (unpaired) electrons. The van der Waals surface area contributed by atoms with Crippen LogP contribution in [-0.4, -0.2) is 57.1 Å². The minimum atomic E-state index is -3.94. The lowest BCUT2D eigenvalue weighted by Gasteiger charge is -2.27. The number of amides is 1. The number of carbonyl (C=O) groups is 1. The van der Waals surface area contributed by atoms with Gasteiger partial charge in [0.15, 0.2) is 11.5 Å². The second-order valence-electron chi connectivity index (χ2n) is 8.60. The van der Waals surface area contributed by atoms with Crippen molar-refractivity contribution in [3.8, 4) is 11.5 Å². The van der Waals surface area contributed by atoms with E-state index in [0.717, 1.165) is 16.0 Å². The van der Waals surface area contributed by atoms with Crippen molar-refractivity contribution in [2.75, 3.05) is 33.6 Å². The van der Waals surface area contributed by atoms with Gasteiger partial charge in [0.1, 0.15) is 0 Å². The minimum Gasteiger partial charge on any atom is -0.454 e. The van der Waals surface area contributed by atoms with Crippen LogP contribution in [0, 0.1) is 6.92 Å². The Morgan fingerprint density at radius 1 is 1.08 bits per heavy atom. The van der Waals surface area contributed by atoms with Crippen molar-refractivity contribution in [3.05, 3.63) is 74.9 Å². The molecule has 0 atom stereocenters. The maximum Gasteiger partial charge on any atom is 0.243 e. The van der Waals surface area contributed by atoms with Crippen LogP contribution < -0.4 is 9.47 Å². The molecule has 37 heavy (non-hydrogen) atoms. The molecule has 0 fully saturated rings. The van der Waals surface area contributed by atoms with Crippen molar-refractivity contribution in [1.82, 2.24) is 9.21 Å². The van der Waals surface area contributed by atoms with Gasteiger partial charge in [0.05, 0.1) is 18.0 Å². The van der Waals surface area contributed by atoms with E-state index < -0.39 is 10.0 Å². The Morgan fingerprint density at radius 3 is 2.54 bits per heavy atom. The first-order valence-electron chi connectivity index (χ1n) is 11.7. The summed E-state index contributed by atoms with van der Waals surface area (Å²) < 4.78 is 44.2. The van der Waals surface area contributed by atoms with E-state index in [2.05, 4.69) is 0 Å². The topological polar surface area (TPSA) is 85.4 Å². The van der Waals surface area contributed by atoms with Gasteiger partial charge in [-0.3, -0.25) is 4.79 Å². The summed E-state index contributed by atoms with van der Waals surface area (Å²) >= 11 is 7.53. The van der Waals surface area contributed by atoms with Crippen molar-refractivity contribution < 1.29 is 27.4 Å². The Hall–Kier alpha value is -2.63. The molecule has 0 saturated carbocycles. The maximum atomic E-state index is 13.7. The molecule has 1 aromatic heterocycles. The van der Waals surface area contributed by atoms with Crippen molar-refractivity contribution in [1.29, 1.82) is 0 Å². The van der Waals surface area contributed by atoms with Gasteiger partial charge in [-0.15, -0.1) is 11.3 Å². The van der Waals surface area contributed by atoms with E-state index in [9.17, 15) is 13.2 Å². The molecule has 198 valence electrons. The van der Waals surface area contributed by atoms with Crippen molar-refractivity contribution in [2.24, 2.45) is 0 Å². The first-order chi connectivity index (χ1) is 17.8. The smallest absolute Gasteiger partial charge is 0.243 e. The van der Waals surface area contributed by atoms with Gasteiger partial charge in [-0.2, -0.15) is 4.31 Å². The number of sulfonamides is 1. The number of hydrogen-bond donors (Lipinski definition) is 0. The van der Waals surface area contributed by atoms with E-state index in [1.165, 1.54) is 28.6 Å². The van der Waals surface area contributed by atoms with Crippen LogP contribution in [0.1, 0.15) is 22.4 Å². The fourth-order valence-corrected chi connectivity index (χ4v) is 6.38. The van der Waals surface area contributed by atoms with Gasteiger partial charge in [-0.1, -0.05) is 17.7 Å². The zero-order chi connectivity index (χ0) is 26.4. The Labute approximate surface area is 226 Å². The molecule has 0 N–H and O–H groups in total. The zero-order valence-corrected chi connectivity index (χ0v) is 23.1. The number of aryl methyl sites for hydroxylation is 1. The molecule has 0 unspecified atom stereocenters. The number of thiophene rings is 1. The molecular weight excluding hydrogens is 536 g/mol. The highest BCUT2D eigenvalue weighted by molar-refractivity contribution is 7.89. The van der Waals surface area contributed by atoms with Gasteiger partial charge >= 0.3 is 0 Å². The summed E-state index contributed by atoms with van der Waals surface area (Å²) in [6.45, 7) is 3.02. The zero-order valence-electron chi connectivity index (χ0n) is 20.7. The highest BCUT2D eigenvalue weighted by Crippen LogP contribution is 2.33. The molecule has 1 aliphatic rings. The molecule has 4 rings (SSSR count). The molecule has 0 bridgehead atoms. The first-order valence-corrected chi connectivity index (χ1v) is 14.4. The highest BCUT2D eigenvalue weighted by Gasteiger charge is 2.29. The van der Waals surface area contributed by atoms with Crippen LogP contribution in [0.2, 0.25) is 5.02 Å². The largest absolute Gasteiger partial charge is 0.454 e. The summed E-state index contributed by atoms with van der Waals surface area (Å²) in [6.07, 6.45) is 0.447. The molecular formula is C26H29ClN2O6S2. The molecule has 2 aromatic carbocycles. The summed E-state index contributed by atoms with van der Waals surface area (Å²) in [4.78, 5) is 16.5. The summed E-state index contributed by atoms with van der Waals surface area (Å²) in [5.41, 5.74) is 1.94. The number of nitrogens with zero attached hydrogens (tertiary/aromatic N) is 2. The van der Waals surface area contributed by atoms with Gasteiger partial charge < -0.3 is 19.1 Å². The van der Waals surface area contributed by atoms with Crippen LogP contribution in [0.15, 0.2) is 58.8 Å². The van der Waals surface area contributed by atoms with Gasteiger partial charge in [-0.05, 0) is 72.3 Å². The molecule has 2 heterocycles. The Bertz CT molecular complexity index is 1330. The molecule has 3 aromatic rings. The third-order valence-corrected chi connectivity index (χ3v) is 9.10. The molecule has 0 aliphatic carbocycles. The Morgan fingerprint density at radius 2 is 1.84 bits per heavy atom. The average Bonchev–Trinajstić information content (AvgIpc) is 3.51. The van der Waals surface area contributed by atoms with E-state index in [1.54, 1.807) is 23.3 Å². The van der Waals surface area contributed by atoms with Gasteiger partial charge in [0.25, 0.3) is 0 Å². The van der Waals surface area contributed by atoms with Crippen LogP contribution in [0.3, 0.4) is 0 Å². The number of ether oxygens (including phenoxy) is 3. The highest BCUT2D eigenvalue weighted by atomic mass is 35.5. The predicted octanol–water partition coefficient (Wildman–Crippen LogP) is 4.69. The summed E-state index contributed by atoms with van der Waals surface area (Å²) in [7, 11) is -2.39. The molecule has 1 aliphatic heterocycles. The SMILES string of the molecule is COCCCN(CC(=O)N(Cc1ccc2c(c1)OCO2)Cc1sccc1C)S(=O)(=O)c1ccc(Cl)cc1. The molecule has 0 saturated heterocycles. The average molecular weight is 565 g/mol. The number of halogens is 1. The molecule has 11 heteroatoms. The number of fused-ring (bicyclic) bond motifs is 1. The summed E-state index contributed by atoms with van der Waals surface area (Å²) in [6, 6.07) is 13.5. The lowest BCUT2D eigenvalue weighted by atomic mass is 10.1. The number of methoxy groups -OCH3 is 1. The van der Waals surface area contributed by atoms with E-state index in [4.69, 9.17) is 25.8 Å². The van der Waals surface area contributed by atoms with E-state index in [1.807, 2.05) is 36.6 Å². The van der Waals surface area contributed by atoms with Crippen LogP contribution >= 0.6 is 22.9 Å². The second-order valence-corrected chi connectivity index (χ2v) is 12.0. The monoisotopic (exact) mass is 564 g/mol. The quantitative estimate of drug-likeness (QED) is 0.297. The van der Waals surface area contributed by atoms with Crippen molar-refractivity contribution in [2.45, 2.75) is 31.3 Å². The van der Waals surface area contributed by atoms with Crippen LogP contribution in [0.5, 0.6) is 11.5 Å². The number of carbonyl (C=O) groups excluding carboxylic acids is 1.